The molecule has 0 spiro atoms. The summed E-state index contributed by atoms with van der Waals surface area (Å²) in [5.41, 5.74) is 3.52. The molecule has 7 heteroatoms. The van der Waals surface area contributed by atoms with Crippen LogP contribution in [0.15, 0.2) is 51.5 Å². The van der Waals surface area contributed by atoms with E-state index >= 15 is 4.39 Å². The minimum Gasteiger partial charge on any atom is -0.351 e. The van der Waals surface area contributed by atoms with E-state index < -0.39 is 5.82 Å². The second-order valence-corrected chi connectivity index (χ2v) is 8.65. The summed E-state index contributed by atoms with van der Waals surface area (Å²) in [6.07, 6.45) is 13.3. The third-order valence-electron chi connectivity index (χ3n) is 6.34. The molecule has 1 aromatic heterocycles. The molecular weight excluding hydrogens is 420 g/mol. The van der Waals surface area contributed by atoms with Gasteiger partial charge in [0.15, 0.2) is 5.82 Å². The van der Waals surface area contributed by atoms with Crippen LogP contribution < -0.4 is 5.32 Å². The van der Waals surface area contributed by atoms with E-state index in [1.54, 1.807) is 12.4 Å². The summed E-state index contributed by atoms with van der Waals surface area (Å²) in [5.74, 6) is 0.419. The molecule has 0 atom stereocenters. The maximum Gasteiger partial charge on any atom is 0.151 e. The number of allylic oxidation sites excluding steroid dienone is 5. The molecule has 4 rings (SSSR count). The number of benzene rings is 1. The molecule has 33 heavy (non-hydrogen) atoms. The Bertz CT molecular complexity index is 1150. The average Bonchev–Trinajstić information content (AvgIpc) is 3.42. The number of aromatic amines is 1. The van der Waals surface area contributed by atoms with Crippen LogP contribution in [0.3, 0.4) is 0 Å². The molecule has 0 radical (unpaired) electrons. The average molecular weight is 452 g/mol. The van der Waals surface area contributed by atoms with E-state index in [0.29, 0.717) is 35.7 Å². The van der Waals surface area contributed by atoms with Gasteiger partial charge in [-0.3, -0.25) is 10.1 Å². The number of fused-ring (bicyclic) bond motifs is 1. The highest BCUT2D eigenvalue weighted by atomic mass is 19.1. The number of rotatable bonds is 8. The van der Waals surface area contributed by atoms with Crippen LogP contribution >= 0.6 is 0 Å². The summed E-state index contributed by atoms with van der Waals surface area (Å²) in [5, 5.41) is 11.1. The molecule has 2 N–H and O–H groups in total. The van der Waals surface area contributed by atoms with Gasteiger partial charge in [-0.15, -0.1) is 0 Å². The van der Waals surface area contributed by atoms with Gasteiger partial charge in [-0.1, -0.05) is 25.8 Å². The summed E-state index contributed by atoms with van der Waals surface area (Å²) >= 11 is 0. The van der Waals surface area contributed by atoms with Gasteiger partial charge >= 0.3 is 0 Å². The van der Waals surface area contributed by atoms with Gasteiger partial charge in [0.2, 0.25) is 0 Å². The van der Waals surface area contributed by atoms with Gasteiger partial charge < -0.3 is 5.32 Å². The topological polar surface area (TPSA) is 65.4 Å². The lowest BCUT2D eigenvalue weighted by molar-refractivity contribution is 0.624. The zero-order chi connectivity index (χ0) is 23.2. The third kappa shape index (κ3) is 5.46. The molecule has 0 bridgehead atoms. The van der Waals surface area contributed by atoms with Gasteiger partial charge in [0.25, 0.3) is 0 Å². The molecule has 1 aliphatic carbocycles. The van der Waals surface area contributed by atoms with Crippen molar-refractivity contribution in [3.05, 3.63) is 58.6 Å². The monoisotopic (exact) mass is 451 g/mol. The van der Waals surface area contributed by atoms with Crippen LogP contribution in [0.5, 0.6) is 0 Å². The summed E-state index contributed by atoms with van der Waals surface area (Å²) in [6.45, 7) is 4.21. The number of aliphatic imine (C=N–C) groups is 2. The Kier molecular flexibility index (Phi) is 7.47. The van der Waals surface area contributed by atoms with Crippen molar-refractivity contribution in [1.29, 1.82) is 0 Å². The predicted octanol–water partition coefficient (Wildman–Crippen LogP) is 6.72. The maximum atomic E-state index is 15.1. The molecule has 2 aliphatic rings. The van der Waals surface area contributed by atoms with Gasteiger partial charge in [-0.2, -0.15) is 5.10 Å². The van der Waals surface area contributed by atoms with Crippen LogP contribution in [0.4, 0.5) is 8.78 Å². The second-order valence-electron chi connectivity index (χ2n) is 8.65. The lowest BCUT2D eigenvalue weighted by atomic mass is 9.95. The number of nitrogens with zero attached hydrogens (tertiary/aromatic N) is 3. The van der Waals surface area contributed by atoms with Crippen molar-refractivity contribution in [3.63, 3.8) is 0 Å². The number of H-pyrrole nitrogens is 1. The lowest BCUT2D eigenvalue weighted by Crippen LogP contribution is -2.11. The first-order valence-corrected chi connectivity index (χ1v) is 11.7. The minimum absolute atomic E-state index is 0.0638. The SMILES string of the molecule is CC/C(=C(/F)C/C=N\CNC1=CCC=C(C)C=N1)c1cc(F)c2n[nH]c(C3CCCC3)c2c1. The molecule has 5 nitrogen and oxygen atoms in total. The minimum atomic E-state index is -0.415. The van der Waals surface area contributed by atoms with E-state index in [0.717, 1.165) is 41.7 Å². The van der Waals surface area contributed by atoms with E-state index in [2.05, 4.69) is 31.6 Å². The highest BCUT2D eigenvalue weighted by molar-refractivity contribution is 5.87. The Balaban J connectivity index is 1.46. The van der Waals surface area contributed by atoms with Crippen molar-refractivity contribution in [2.45, 2.75) is 64.7 Å². The number of hydrogen-bond acceptors (Lipinski definition) is 4. The molecular formula is C26H31F2N5. The van der Waals surface area contributed by atoms with Crippen LogP contribution in [-0.4, -0.2) is 29.3 Å². The van der Waals surface area contributed by atoms with E-state index in [-0.39, 0.29) is 12.2 Å². The first-order chi connectivity index (χ1) is 16.1. The molecule has 1 saturated carbocycles. The van der Waals surface area contributed by atoms with Gasteiger partial charge in [0, 0.05) is 35.8 Å². The van der Waals surface area contributed by atoms with Crippen LogP contribution in [0.1, 0.15) is 76.0 Å². The Hall–Kier alpha value is -3.09. The van der Waals surface area contributed by atoms with E-state index in [9.17, 15) is 4.39 Å². The highest BCUT2D eigenvalue weighted by Gasteiger charge is 2.23. The zero-order valence-electron chi connectivity index (χ0n) is 19.3. The summed E-state index contributed by atoms with van der Waals surface area (Å²) in [7, 11) is 0. The van der Waals surface area contributed by atoms with Gasteiger partial charge in [-0.05, 0) is 67.5 Å². The Morgan fingerprint density at radius 2 is 2.09 bits per heavy atom. The molecule has 1 fully saturated rings. The predicted molar refractivity (Wildman–Crippen MR) is 132 cm³/mol. The molecule has 2 aromatic rings. The third-order valence-corrected chi connectivity index (χ3v) is 6.34. The lowest BCUT2D eigenvalue weighted by Gasteiger charge is -2.10. The van der Waals surface area contributed by atoms with Gasteiger partial charge in [0.05, 0.1) is 0 Å². The van der Waals surface area contributed by atoms with Crippen LogP contribution in [0, 0.1) is 5.82 Å². The zero-order valence-corrected chi connectivity index (χ0v) is 19.3. The van der Waals surface area contributed by atoms with Crippen LogP contribution in [0.25, 0.3) is 16.5 Å². The Morgan fingerprint density at radius 3 is 2.88 bits per heavy atom. The van der Waals surface area contributed by atoms with E-state index in [4.69, 9.17) is 0 Å². The summed E-state index contributed by atoms with van der Waals surface area (Å²) in [6, 6.07) is 3.28. The van der Waals surface area contributed by atoms with E-state index in [1.807, 2.05) is 26.0 Å². The van der Waals surface area contributed by atoms with Crippen LogP contribution in [0.2, 0.25) is 0 Å². The maximum absolute atomic E-state index is 15.1. The largest absolute Gasteiger partial charge is 0.351 e. The number of nitrogens with one attached hydrogen (secondary N) is 2. The fraction of sp³-hybridized carbons (Fsp3) is 0.423. The Morgan fingerprint density at radius 1 is 1.27 bits per heavy atom. The molecule has 0 amide bonds. The first-order valence-electron chi connectivity index (χ1n) is 11.7. The summed E-state index contributed by atoms with van der Waals surface area (Å²) < 4.78 is 29.9. The second kappa shape index (κ2) is 10.7. The fourth-order valence-electron chi connectivity index (χ4n) is 4.56. The van der Waals surface area contributed by atoms with Crippen molar-refractivity contribution in [2.24, 2.45) is 9.98 Å². The molecule has 1 aliphatic heterocycles. The normalized spacial score (nSPS) is 17.9. The quantitative estimate of drug-likeness (QED) is 0.438. The molecule has 2 heterocycles. The molecule has 0 unspecified atom stereocenters. The van der Waals surface area contributed by atoms with Crippen LogP contribution in [-0.2, 0) is 0 Å². The molecule has 0 saturated heterocycles. The van der Waals surface area contributed by atoms with Crippen molar-refractivity contribution < 1.29 is 8.78 Å². The Labute approximate surface area is 193 Å². The molecule has 1 aromatic carbocycles. The fourth-order valence-corrected chi connectivity index (χ4v) is 4.56. The number of halogens is 2. The van der Waals surface area contributed by atoms with Crippen molar-refractivity contribution >= 4 is 28.9 Å². The van der Waals surface area contributed by atoms with E-state index in [1.165, 1.54) is 18.9 Å². The van der Waals surface area contributed by atoms with Gasteiger partial charge in [-0.25, -0.2) is 13.8 Å². The highest BCUT2D eigenvalue weighted by Crippen LogP contribution is 2.38. The van der Waals surface area contributed by atoms with Crippen molar-refractivity contribution in [3.8, 4) is 0 Å². The number of hydrogen-bond donors (Lipinski definition) is 2. The van der Waals surface area contributed by atoms with Gasteiger partial charge in [0.1, 0.15) is 23.8 Å². The summed E-state index contributed by atoms with van der Waals surface area (Å²) in [4.78, 5) is 8.60. The van der Waals surface area contributed by atoms with Crippen molar-refractivity contribution in [2.75, 3.05) is 6.67 Å². The smallest absolute Gasteiger partial charge is 0.151 e. The standard InChI is InChI=1S/C26H31F2N5/c1-3-20(22(27)11-12-29-16-31-24-10-6-7-17(2)15-30-24)19-13-21-25(18-8-4-5-9-18)32-33-26(21)23(28)14-19/h7,10,12-15,18,31H,3-6,8-9,11,16H2,1-2H3,(H,32,33)/b22-20-,29-12-. The number of aromatic nitrogens is 2. The molecule has 174 valence electrons. The van der Waals surface area contributed by atoms with Crippen molar-refractivity contribution in [1.82, 2.24) is 15.5 Å². The first kappa shape index (κ1) is 23.1.